The molecule has 0 aliphatic carbocycles. The van der Waals surface area contributed by atoms with Crippen LogP contribution in [-0.2, 0) is 19.5 Å². The number of anilines is 1. The minimum absolute atomic E-state index is 0.128. The highest BCUT2D eigenvalue weighted by Gasteiger charge is 2.19. The third kappa shape index (κ3) is 5.59. The molecule has 2 aromatic carbocycles. The van der Waals surface area contributed by atoms with Crippen molar-refractivity contribution in [2.45, 2.75) is 33.4 Å². The van der Waals surface area contributed by atoms with E-state index in [1.165, 1.54) is 11.8 Å². The number of pyridine rings is 1. The maximum Gasteiger partial charge on any atom is 0.291 e. The molecule has 0 atom stereocenters. The predicted octanol–water partition coefficient (Wildman–Crippen LogP) is 5.64. The second kappa shape index (κ2) is 10.6. The number of rotatable bonds is 8. The summed E-state index contributed by atoms with van der Waals surface area (Å²) in [5, 5.41) is 2.85. The molecule has 0 saturated heterocycles. The number of carbonyl (C=O) groups is 2. The van der Waals surface area contributed by atoms with E-state index in [9.17, 15) is 9.59 Å². The lowest BCUT2D eigenvalue weighted by molar-refractivity contribution is 0.0729. The number of amides is 2. The molecule has 0 unspecified atom stereocenters. The molecule has 0 saturated carbocycles. The van der Waals surface area contributed by atoms with Gasteiger partial charge in [0.25, 0.3) is 11.8 Å². The van der Waals surface area contributed by atoms with Gasteiger partial charge >= 0.3 is 0 Å². The molecule has 0 spiro atoms. The molecule has 4 rings (SSSR count). The second-order valence-electron chi connectivity index (χ2n) is 8.15. The van der Waals surface area contributed by atoms with Crippen molar-refractivity contribution in [3.8, 4) is 0 Å². The molecular weight excluding hydrogens is 426 g/mol. The van der Waals surface area contributed by atoms with E-state index < -0.39 is 0 Å². The zero-order valence-electron chi connectivity index (χ0n) is 19.3. The number of aryl methyl sites for hydroxylation is 2. The van der Waals surface area contributed by atoms with Crippen LogP contribution in [0.15, 0.2) is 89.8 Å². The van der Waals surface area contributed by atoms with Crippen molar-refractivity contribution in [2.75, 3.05) is 5.32 Å². The van der Waals surface area contributed by atoms with Crippen LogP contribution in [-0.4, -0.2) is 21.7 Å². The van der Waals surface area contributed by atoms with Crippen molar-refractivity contribution >= 4 is 17.5 Å². The number of hydrogen-bond acceptors (Lipinski definition) is 4. The van der Waals surface area contributed by atoms with E-state index in [1.54, 1.807) is 41.6 Å². The van der Waals surface area contributed by atoms with E-state index in [0.717, 1.165) is 23.1 Å². The summed E-state index contributed by atoms with van der Waals surface area (Å²) in [6.07, 6.45) is 5.90. The molecule has 1 N–H and O–H groups in total. The van der Waals surface area contributed by atoms with Gasteiger partial charge in [0, 0.05) is 36.7 Å². The monoisotopic (exact) mass is 453 g/mol. The van der Waals surface area contributed by atoms with Gasteiger partial charge in [0.05, 0.1) is 6.26 Å². The molecule has 0 radical (unpaired) electrons. The number of hydrogen-bond donors (Lipinski definition) is 1. The fourth-order valence-electron chi connectivity index (χ4n) is 3.68. The highest BCUT2D eigenvalue weighted by atomic mass is 16.3. The van der Waals surface area contributed by atoms with Crippen molar-refractivity contribution in [1.29, 1.82) is 0 Å². The first-order valence-electron chi connectivity index (χ1n) is 11.2. The first-order chi connectivity index (χ1) is 16.5. The smallest absolute Gasteiger partial charge is 0.291 e. The zero-order valence-corrected chi connectivity index (χ0v) is 19.3. The molecule has 2 aromatic heterocycles. The first kappa shape index (κ1) is 23.0. The van der Waals surface area contributed by atoms with Crippen molar-refractivity contribution in [2.24, 2.45) is 0 Å². The standard InChI is InChI=1S/C28H27N3O3/c1-3-21-9-11-22(12-10-21)18-31(19-23-6-4-14-29-17-23)28(33)24-13-8-20(2)25(16-24)30-27(32)26-7-5-15-34-26/h4-17H,3,18-19H2,1-2H3,(H,30,32). The number of aromatic nitrogens is 1. The highest BCUT2D eigenvalue weighted by Crippen LogP contribution is 2.21. The minimum atomic E-state index is -0.360. The second-order valence-corrected chi connectivity index (χ2v) is 8.15. The van der Waals surface area contributed by atoms with Gasteiger partial charge in [-0.3, -0.25) is 14.6 Å². The van der Waals surface area contributed by atoms with Crippen LogP contribution in [0.2, 0.25) is 0 Å². The Morgan fingerprint density at radius 3 is 2.38 bits per heavy atom. The number of furan rings is 1. The van der Waals surface area contributed by atoms with Gasteiger partial charge in [-0.05, 0) is 65.9 Å². The van der Waals surface area contributed by atoms with Gasteiger partial charge in [0.15, 0.2) is 5.76 Å². The van der Waals surface area contributed by atoms with Crippen molar-refractivity contribution in [1.82, 2.24) is 9.88 Å². The summed E-state index contributed by atoms with van der Waals surface area (Å²) in [7, 11) is 0. The summed E-state index contributed by atoms with van der Waals surface area (Å²) < 4.78 is 5.18. The van der Waals surface area contributed by atoms with Crippen LogP contribution in [0.25, 0.3) is 0 Å². The van der Waals surface area contributed by atoms with Gasteiger partial charge in [-0.15, -0.1) is 0 Å². The Kier molecular flexibility index (Phi) is 7.18. The number of benzene rings is 2. The fourth-order valence-corrected chi connectivity index (χ4v) is 3.68. The number of nitrogens with zero attached hydrogens (tertiary/aromatic N) is 2. The highest BCUT2D eigenvalue weighted by molar-refractivity contribution is 6.04. The lowest BCUT2D eigenvalue weighted by atomic mass is 10.1. The normalized spacial score (nSPS) is 10.6. The van der Waals surface area contributed by atoms with E-state index >= 15 is 0 Å². The fraction of sp³-hybridized carbons (Fsp3) is 0.179. The van der Waals surface area contributed by atoms with Crippen LogP contribution in [0.3, 0.4) is 0 Å². The molecular formula is C28H27N3O3. The Morgan fingerprint density at radius 2 is 1.71 bits per heavy atom. The molecule has 2 heterocycles. The number of nitrogens with one attached hydrogen (secondary N) is 1. The van der Waals surface area contributed by atoms with E-state index in [2.05, 4.69) is 41.5 Å². The summed E-state index contributed by atoms with van der Waals surface area (Å²) in [6, 6.07) is 20.7. The SMILES string of the molecule is CCc1ccc(CN(Cc2cccnc2)C(=O)c2ccc(C)c(NC(=O)c3ccco3)c2)cc1. The largest absolute Gasteiger partial charge is 0.459 e. The zero-order chi connectivity index (χ0) is 23.9. The Balaban J connectivity index is 1.60. The summed E-state index contributed by atoms with van der Waals surface area (Å²) in [5.74, 6) is -0.275. The topological polar surface area (TPSA) is 75.4 Å². The Hall–Kier alpha value is -4.19. The summed E-state index contributed by atoms with van der Waals surface area (Å²) in [6.45, 7) is 4.88. The Morgan fingerprint density at radius 1 is 0.941 bits per heavy atom. The van der Waals surface area contributed by atoms with Crippen LogP contribution < -0.4 is 5.32 Å². The van der Waals surface area contributed by atoms with Crippen molar-refractivity contribution in [3.05, 3.63) is 119 Å². The molecule has 6 nitrogen and oxygen atoms in total. The molecule has 0 aliphatic heterocycles. The molecule has 2 amide bonds. The van der Waals surface area contributed by atoms with Gasteiger partial charge in [0.1, 0.15) is 0 Å². The summed E-state index contributed by atoms with van der Waals surface area (Å²) in [4.78, 5) is 32.1. The van der Waals surface area contributed by atoms with Gasteiger partial charge in [-0.25, -0.2) is 0 Å². The number of carbonyl (C=O) groups excluding carboxylic acids is 2. The average Bonchev–Trinajstić information content (AvgIpc) is 3.41. The van der Waals surface area contributed by atoms with E-state index in [4.69, 9.17) is 4.42 Å². The Labute approximate surface area is 199 Å². The molecule has 34 heavy (non-hydrogen) atoms. The summed E-state index contributed by atoms with van der Waals surface area (Å²) in [5.41, 5.74) is 5.16. The van der Waals surface area contributed by atoms with Crippen LogP contribution in [0.4, 0.5) is 5.69 Å². The maximum absolute atomic E-state index is 13.6. The quantitative estimate of drug-likeness (QED) is 0.375. The van der Waals surface area contributed by atoms with Gasteiger partial charge in [0.2, 0.25) is 0 Å². The van der Waals surface area contributed by atoms with Crippen molar-refractivity contribution in [3.63, 3.8) is 0 Å². The minimum Gasteiger partial charge on any atom is -0.459 e. The predicted molar refractivity (Wildman–Crippen MR) is 131 cm³/mol. The third-order valence-electron chi connectivity index (χ3n) is 5.67. The molecule has 0 bridgehead atoms. The lowest BCUT2D eigenvalue weighted by Crippen LogP contribution is -2.30. The van der Waals surface area contributed by atoms with Gasteiger partial charge in [-0.2, -0.15) is 0 Å². The van der Waals surface area contributed by atoms with Gasteiger partial charge in [-0.1, -0.05) is 43.3 Å². The molecule has 6 heteroatoms. The molecule has 0 fully saturated rings. The van der Waals surface area contributed by atoms with Crippen LogP contribution in [0.1, 0.15) is 50.1 Å². The molecule has 172 valence electrons. The van der Waals surface area contributed by atoms with E-state index in [0.29, 0.717) is 24.3 Å². The first-order valence-corrected chi connectivity index (χ1v) is 11.2. The van der Waals surface area contributed by atoms with Crippen LogP contribution in [0, 0.1) is 6.92 Å². The van der Waals surface area contributed by atoms with E-state index in [1.807, 2.05) is 25.1 Å². The average molecular weight is 454 g/mol. The maximum atomic E-state index is 13.6. The lowest BCUT2D eigenvalue weighted by Gasteiger charge is -2.24. The van der Waals surface area contributed by atoms with Crippen LogP contribution in [0.5, 0.6) is 0 Å². The summed E-state index contributed by atoms with van der Waals surface area (Å²) >= 11 is 0. The van der Waals surface area contributed by atoms with Crippen molar-refractivity contribution < 1.29 is 14.0 Å². The molecule has 4 aromatic rings. The van der Waals surface area contributed by atoms with Crippen LogP contribution >= 0.6 is 0 Å². The van der Waals surface area contributed by atoms with E-state index in [-0.39, 0.29) is 17.6 Å². The Bertz CT molecular complexity index is 1250. The third-order valence-corrected chi connectivity index (χ3v) is 5.67. The van der Waals surface area contributed by atoms with Gasteiger partial charge < -0.3 is 14.6 Å². The molecule has 0 aliphatic rings.